The van der Waals surface area contributed by atoms with Gasteiger partial charge in [-0.05, 0) is 18.2 Å². The highest BCUT2D eigenvalue weighted by Crippen LogP contribution is 2.22. The number of hydrogen-bond donors (Lipinski definition) is 2. The van der Waals surface area contributed by atoms with E-state index in [2.05, 4.69) is 16.6 Å². The highest BCUT2D eigenvalue weighted by molar-refractivity contribution is 7.91. The van der Waals surface area contributed by atoms with Crippen LogP contribution in [0.3, 0.4) is 0 Å². The monoisotopic (exact) mass is 313 g/mol. The summed E-state index contributed by atoms with van der Waals surface area (Å²) in [5.74, 6) is -1.44. The fraction of sp³-hybridized carbons (Fsp3) is 0.231. The molecule has 21 heavy (non-hydrogen) atoms. The number of amides is 1. The molecule has 0 atom stereocenters. The molecule has 0 saturated carbocycles. The molecule has 0 fully saturated rings. The van der Waals surface area contributed by atoms with E-state index >= 15 is 0 Å². The van der Waals surface area contributed by atoms with Crippen molar-refractivity contribution in [2.45, 2.75) is 11.8 Å². The molecule has 1 rings (SSSR count). The number of ether oxygens (including phenoxy) is 1. The Balaban J connectivity index is 3.19. The highest BCUT2D eigenvalue weighted by Gasteiger charge is 2.18. The zero-order valence-electron chi connectivity index (χ0n) is 11.3. The second-order valence-electron chi connectivity index (χ2n) is 3.93. The van der Waals surface area contributed by atoms with Crippen molar-refractivity contribution in [1.29, 1.82) is 0 Å². The smallest absolute Gasteiger partial charge is 0.411 e. The average Bonchev–Trinajstić information content (AvgIpc) is 2.44. The second-order valence-corrected chi connectivity index (χ2v) is 6.21. The first-order valence-electron chi connectivity index (χ1n) is 5.96. The molecule has 114 valence electrons. The summed E-state index contributed by atoms with van der Waals surface area (Å²) in [6.45, 7) is 4.77. The van der Waals surface area contributed by atoms with Gasteiger partial charge >= 0.3 is 12.1 Å². The maximum atomic E-state index is 11.8. The number of rotatable bonds is 6. The maximum absolute atomic E-state index is 11.8. The van der Waals surface area contributed by atoms with Gasteiger partial charge in [0, 0.05) is 0 Å². The zero-order chi connectivity index (χ0) is 16.0. The van der Waals surface area contributed by atoms with Crippen LogP contribution in [0.15, 0.2) is 35.7 Å². The molecule has 0 spiro atoms. The van der Waals surface area contributed by atoms with Gasteiger partial charge in [-0.15, -0.1) is 0 Å². The van der Waals surface area contributed by atoms with Crippen molar-refractivity contribution in [2.24, 2.45) is 0 Å². The van der Waals surface area contributed by atoms with Gasteiger partial charge in [-0.25, -0.2) is 18.0 Å². The Morgan fingerprint density at radius 1 is 1.43 bits per heavy atom. The van der Waals surface area contributed by atoms with E-state index in [4.69, 9.17) is 5.11 Å². The Bertz CT molecular complexity index is 665. The minimum atomic E-state index is -3.52. The van der Waals surface area contributed by atoms with E-state index in [0.717, 1.165) is 12.1 Å². The lowest BCUT2D eigenvalue weighted by Crippen LogP contribution is -2.17. The van der Waals surface area contributed by atoms with Crippen LogP contribution in [0.2, 0.25) is 0 Å². The number of benzene rings is 1. The van der Waals surface area contributed by atoms with E-state index in [1.54, 1.807) is 0 Å². The van der Waals surface area contributed by atoms with Crippen LogP contribution < -0.4 is 5.32 Å². The van der Waals surface area contributed by atoms with E-state index in [9.17, 15) is 18.0 Å². The van der Waals surface area contributed by atoms with Crippen LogP contribution >= 0.6 is 0 Å². The first-order chi connectivity index (χ1) is 9.81. The molecule has 0 unspecified atom stereocenters. The van der Waals surface area contributed by atoms with Crippen LogP contribution in [0.25, 0.3) is 0 Å². The van der Waals surface area contributed by atoms with Gasteiger partial charge in [-0.1, -0.05) is 19.6 Å². The summed E-state index contributed by atoms with van der Waals surface area (Å²) in [5.41, 5.74) is -0.383. The van der Waals surface area contributed by atoms with Crippen LogP contribution in [-0.2, 0) is 14.6 Å². The Labute approximate surface area is 122 Å². The van der Waals surface area contributed by atoms with Crippen LogP contribution in [0.1, 0.15) is 17.3 Å². The van der Waals surface area contributed by atoms with Gasteiger partial charge in [-0.2, -0.15) is 0 Å². The van der Waals surface area contributed by atoms with Crippen LogP contribution in [0.4, 0.5) is 10.5 Å². The Kier molecular flexibility index (Phi) is 5.48. The number of anilines is 1. The topological polar surface area (TPSA) is 110 Å². The molecule has 1 amide bonds. The lowest BCUT2D eigenvalue weighted by molar-refractivity contribution is 0.0698. The molecule has 8 heteroatoms. The van der Waals surface area contributed by atoms with E-state index in [0.29, 0.717) is 0 Å². The summed E-state index contributed by atoms with van der Waals surface area (Å²) in [5, 5.41) is 11.3. The molecular weight excluding hydrogens is 298 g/mol. The molecule has 0 aromatic heterocycles. The van der Waals surface area contributed by atoms with E-state index in [1.165, 1.54) is 19.1 Å². The molecule has 0 aliphatic rings. The standard InChI is InChI=1S/C13H15NO6S/c1-3-7-20-13(17)14-11-8-9(21(18,19)4-2)5-6-10(11)12(15)16/h3,5-6,8H,1,4,7H2,2H3,(H,14,17)(H,15,16). The summed E-state index contributed by atoms with van der Waals surface area (Å²) in [6.07, 6.45) is 0.443. The van der Waals surface area contributed by atoms with Gasteiger partial charge in [-0.3, -0.25) is 5.32 Å². The quantitative estimate of drug-likeness (QED) is 0.776. The maximum Gasteiger partial charge on any atom is 0.411 e. The molecule has 0 heterocycles. The van der Waals surface area contributed by atoms with Gasteiger partial charge in [0.2, 0.25) is 0 Å². The summed E-state index contributed by atoms with van der Waals surface area (Å²) in [7, 11) is -3.52. The predicted octanol–water partition coefficient (Wildman–Crippen LogP) is 1.91. The first kappa shape index (κ1) is 16.7. The molecule has 0 saturated heterocycles. The number of nitrogens with one attached hydrogen (secondary N) is 1. The summed E-state index contributed by atoms with van der Waals surface area (Å²) in [6, 6.07) is 3.40. The molecule has 0 aliphatic carbocycles. The lowest BCUT2D eigenvalue weighted by atomic mass is 10.2. The first-order valence-corrected chi connectivity index (χ1v) is 7.61. The Hall–Kier alpha value is -2.35. The molecule has 0 aliphatic heterocycles. The molecule has 2 N–H and O–H groups in total. The molecular formula is C13H15NO6S. The SMILES string of the molecule is C=CCOC(=O)Nc1cc(S(=O)(=O)CC)ccc1C(=O)O. The lowest BCUT2D eigenvalue weighted by Gasteiger charge is -2.10. The van der Waals surface area contributed by atoms with Crippen molar-refractivity contribution in [3.63, 3.8) is 0 Å². The minimum Gasteiger partial charge on any atom is -0.478 e. The van der Waals surface area contributed by atoms with E-state index in [-0.39, 0.29) is 28.5 Å². The fourth-order valence-corrected chi connectivity index (χ4v) is 2.36. The van der Waals surface area contributed by atoms with Crippen molar-refractivity contribution in [2.75, 3.05) is 17.7 Å². The predicted molar refractivity (Wildman–Crippen MR) is 76.3 cm³/mol. The fourth-order valence-electron chi connectivity index (χ4n) is 1.45. The molecule has 7 nitrogen and oxygen atoms in total. The third kappa shape index (κ3) is 4.32. The number of aromatic carboxylic acids is 1. The molecule has 1 aromatic carbocycles. The van der Waals surface area contributed by atoms with E-state index in [1.807, 2.05) is 0 Å². The number of hydrogen-bond acceptors (Lipinski definition) is 5. The number of carbonyl (C=O) groups is 2. The van der Waals surface area contributed by atoms with Crippen LogP contribution in [0.5, 0.6) is 0 Å². The van der Waals surface area contributed by atoms with Crippen molar-refractivity contribution in [3.05, 3.63) is 36.4 Å². The van der Waals surface area contributed by atoms with Crippen LogP contribution in [0, 0.1) is 0 Å². The van der Waals surface area contributed by atoms with Gasteiger partial charge in [0.25, 0.3) is 0 Å². The second kappa shape index (κ2) is 6.89. The van der Waals surface area contributed by atoms with Gasteiger partial charge in [0.05, 0.1) is 21.9 Å². The molecule has 1 aromatic rings. The minimum absolute atomic E-state index is 0.0544. The largest absolute Gasteiger partial charge is 0.478 e. The average molecular weight is 313 g/mol. The van der Waals surface area contributed by atoms with Crippen molar-refractivity contribution < 1.29 is 27.9 Å². The van der Waals surface area contributed by atoms with Crippen molar-refractivity contribution in [1.82, 2.24) is 0 Å². The normalized spacial score (nSPS) is 10.7. The van der Waals surface area contributed by atoms with Gasteiger partial charge < -0.3 is 9.84 Å². The zero-order valence-corrected chi connectivity index (χ0v) is 12.1. The number of sulfone groups is 1. The highest BCUT2D eigenvalue weighted by atomic mass is 32.2. The van der Waals surface area contributed by atoms with Gasteiger partial charge in [0.15, 0.2) is 9.84 Å². The summed E-state index contributed by atoms with van der Waals surface area (Å²) >= 11 is 0. The summed E-state index contributed by atoms with van der Waals surface area (Å²) < 4.78 is 28.2. The van der Waals surface area contributed by atoms with Crippen molar-refractivity contribution >= 4 is 27.6 Å². The third-order valence-corrected chi connectivity index (χ3v) is 4.26. The number of carboxylic acids is 1. The Morgan fingerprint density at radius 3 is 2.62 bits per heavy atom. The summed E-state index contributed by atoms with van der Waals surface area (Å²) in [4.78, 5) is 22.5. The van der Waals surface area contributed by atoms with Crippen LogP contribution in [-0.4, -0.2) is 37.9 Å². The van der Waals surface area contributed by atoms with E-state index < -0.39 is 21.9 Å². The number of carbonyl (C=O) groups excluding carboxylic acids is 1. The van der Waals surface area contributed by atoms with Gasteiger partial charge in [0.1, 0.15) is 6.61 Å². The Morgan fingerprint density at radius 2 is 2.10 bits per heavy atom. The van der Waals surface area contributed by atoms with Crippen molar-refractivity contribution in [3.8, 4) is 0 Å². The number of carboxylic acid groups (broad SMARTS) is 1. The third-order valence-electron chi connectivity index (χ3n) is 2.53. The molecule has 0 bridgehead atoms. The molecule has 0 radical (unpaired) electrons.